The number of imidazole rings is 1. The van der Waals surface area contributed by atoms with Crippen molar-refractivity contribution in [2.24, 2.45) is 0 Å². The van der Waals surface area contributed by atoms with E-state index in [4.69, 9.17) is 14.5 Å². The highest BCUT2D eigenvalue weighted by Crippen LogP contribution is 2.30. The van der Waals surface area contributed by atoms with Gasteiger partial charge >= 0.3 is 0 Å². The average molecular weight is 393 g/mol. The van der Waals surface area contributed by atoms with Crippen molar-refractivity contribution >= 4 is 5.82 Å². The molecule has 0 spiro atoms. The van der Waals surface area contributed by atoms with Crippen LogP contribution in [0.15, 0.2) is 49.1 Å². The molecule has 0 aliphatic carbocycles. The van der Waals surface area contributed by atoms with Gasteiger partial charge < -0.3 is 14.4 Å². The summed E-state index contributed by atoms with van der Waals surface area (Å²) in [5.74, 6) is 3.28. The molecule has 0 amide bonds. The summed E-state index contributed by atoms with van der Waals surface area (Å²) in [6.45, 7) is 5.14. The van der Waals surface area contributed by atoms with E-state index in [9.17, 15) is 0 Å². The predicted octanol–water partition coefficient (Wildman–Crippen LogP) is 3.81. The number of hydrogen-bond donors (Lipinski definition) is 0. The van der Waals surface area contributed by atoms with Crippen LogP contribution >= 0.6 is 0 Å². The topological polar surface area (TPSA) is 65.3 Å². The molecule has 7 nitrogen and oxygen atoms in total. The van der Waals surface area contributed by atoms with Gasteiger partial charge in [-0.15, -0.1) is 0 Å². The Kier molecular flexibility index (Phi) is 5.64. The molecule has 0 radical (unpaired) electrons. The second kappa shape index (κ2) is 8.51. The van der Waals surface area contributed by atoms with E-state index in [-0.39, 0.29) is 12.1 Å². The Labute approximate surface area is 171 Å². The van der Waals surface area contributed by atoms with Crippen LogP contribution in [0.25, 0.3) is 5.95 Å². The lowest BCUT2D eigenvalue weighted by molar-refractivity contribution is 0.166. The molecular formula is C22H27N5O2. The van der Waals surface area contributed by atoms with E-state index in [1.165, 1.54) is 0 Å². The molecule has 7 heteroatoms. The first-order valence-corrected chi connectivity index (χ1v) is 10.1. The predicted molar refractivity (Wildman–Crippen MR) is 112 cm³/mol. The summed E-state index contributed by atoms with van der Waals surface area (Å²) in [7, 11) is 1.67. The Morgan fingerprint density at radius 2 is 1.97 bits per heavy atom. The molecule has 2 aromatic heterocycles. The van der Waals surface area contributed by atoms with Gasteiger partial charge in [0, 0.05) is 30.7 Å². The summed E-state index contributed by atoms with van der Waals surface area (Å²) in [5, 5.41) is 0. The van der Waals surface area contributed by atoms with Gasteiger partial charge in [-0.2, -0.15) is 4.98 Å². The molecule has 29 heavy (non-hydrogen) atoms. The summed E-state index contributed by atoms with van der Waals surface area (Å²) < 4.78 is 13.5. The minimum absolute atomic E-state index is 0.0814. The lowest BCUT2D eigenvalue weighted by Crippen LogP contribution is -2.42. The highest BCUT2D eigenvalue weighted by Gasteiger charge is 2.33. The standard InChI is InChI=1S/C22H27N5O2/c1-4-20(29-18-9-7-17(28-3)8-10-18)19-6-5-12-27(19)21-14-16(2)24-22(25-21)26-13-11-23-15-26/h7-11,13-15,19-20H,4-6,12H2,1-3H3. The molecule has 0 saturated carbocycles. The van der Waals surface area contributed by atoms with Crippen molar-refractivity contribution in [1.82, 2.24) is 19.5 Å². The molecule has 152 valence electrons. The van der Waals surface area contributed by atoms with E-state index in [0.29, 0.717) is 5.95 Å². The van der Waals surface area contributed by atoms with Gasteiger partial charge in [-0.25, -0.2) is 9.97 Å². The van der Waals surface area contributed by atoms with E-state index in [2.05, 4.69) is 27.9 Å². The highest BCUT2D eigenvalue weighted by atomic mass is 16.5. The zero-order valence-corrected chi connectivity index (χ0v) is 17.2. The number of hydrogen-bond acceptors (Lipinski definition) is 6. The summed E-state index contributed by atoms with van der Waals surface area (Å²) in [6.07, 6.45) is 8.53. The van der Waals surface area contributed by atoms with Gasteiger partial charge in [-0.3, -0.25) is 4.57 Å². The number of methoxy groups -OCH3 is 1. The normalized spacial score (nSPS) is 17.3. The molecule has 0 N–H and O–H groups in total. The summed E-state index contributed by atoms with van der Waals surface area (Å²) in [6, 6.07) is 10.1. The van der Waals surface area contributed by atoms with Crippen LogP contribution in [0, 0.1) is 6.92 Å². The maximum Gasteiger partial charge on any atom is 0.237 e. The van der Waals surface area contributed by atoms with Gasteiger partial charge in [-0.1, -0.05) is 6.92 Å². The Bertz CT molecular complexity index is 927. The lowest BCUT2D eigenvalue weighted by Gasteiger charge is -2.32. The number of ether oxygens (including phenoxy) is 2. The quantitative estimate of drug-likeness (QED) is 0.608. The van der Waals surface area contributed by atoms with Crippen LogP contribution in [-0.4, -0.2) is 45.3 Å². The average Bonchev–Trinajstić information content (AvgIpc) is 3.44. The Hall–Kier alpha value is -3.09. The number of benzene rings is 1. The van der Waals surface area contributed by atoms with E-state index in [1.54, 1.807) is 19.6 Å². The number of rotatable bonds is 7. The third-order valence-electron chi connectivity index (χ3n) is 5.34. The minimum Gasteiger partial charge on any atom is -0.497 e. The second-order valence-corrected chi connectivity index (χ2v) is 7.28. The Balaban J connectivity index is 1.57. The van der Waals surface area contributed by atoms with Gasteiger partial charge in [-0.05, 0) is 50.5 Å². The van der Waals surface area contributed by atoms with Gasteiger partial charge in [0.2, 0.25) is 5.95 Å². The molecule has 0 bridgehead atoms. The number of anilines is 1. The third kappa shape index (κ3) is 4.18. The molecule has 1 saturated heterocycles. The highest BCUT2D eigenvalue weighted by molar-refractivity contribution is 5.45. The fourth-order valence-electron chi connectivity index (χ4n) is 3.90. The van der Waals surface area contributed by atoms with Crippen molar-refractivity contribution in [3.8, 4) is 17.4 Å². The van der Waals surface area contributed by atoms with Crippen LogP contribution in [0.4, 0.5) is 5.82 Å². The first kappa shape index (κ1) is 19.2. The lowest BCUT2D eigenvalue weighted by atomic mass is 10.1. The summed E-state index contributed by atoms with van der Waals surface area (Å²) >= 11 is 0. The van der Waals surface area contributed by atoms with E-state index < -0.39 is 0 Å². The number of aromatic nitrogens is 4. The van der Waals surface area contributed by atoms with Crippen LogP contribution in [0.5, 0.6) is 11.5 Å². The van der Waals surface area contributed by atoms with Crippen molar-refractivity contribution in [1.29, 1.82) is 0 Å². The fraction of sp³-hybridized carbons (Fsp3) is 0.409. The second-order valence-electron chi connectivity index (χ2n) is 7.28. The van der Waals surface area contributed by atoms with Crippen LogP contribution in [0.3, 0.4) is 0 Å². The van der Waals surface area contributed by atoms with Crippen LogP contribution in [-0.2, 0) is 0 Å². The zero-order chi connectivity index (χ0) is 20.2. The van der Waals surface area contributed by atoms with Crippen molar-refractivity contribution in [2.75, 3.05) is 18.6 Å². The van der Waals surface area contributed by atoms with Crippen molar-refractivity contribution in [3.63, 3.8) is 0 Å². The van der Waals surface area contributed by atoms with E-state index >= 15 is 0 Å². The zero-order valence-electron chi connectivity index (χ0n) is 17.2. The monoisotopic (exact) mass is 393 g/mol. The smallest absolute Gasteiger partial charge is 0.237 e. The molecule has 2 unspecified atom stereocenters. The maximum atomic E-state index is 6.38. The largest absolute Gasteiger partial charge is 0.497 e. The maximum absolute atomic E-state index is 6.38. The van der Waals surface area contributed by atoms with Gasteiger partial charge in [0.15, 0.2) is 0 Å². The Morgan fingerprint density at radius 1 is 1.17 bits per heavy atom. The molecule has 3 heterocycles. The SMILES string of the molecule is CCC(Oc1ccc(OC)cc1)C1CCCN1c1cc(C)nc(-n2ccnc2)n1. The molecule has 3 aromatic rings. The number of aryl methyl sites for hydroxylation is 1. The van der Waals surface area contributed by atoms with Gasteiger partial charge in [0.05, 0.1) is 13.2 Å². The molecule has 2 atom stereocenters. The first-order chi connectivity index (χ1) is 14.2. The number of nitrogens with zero attached hydrogens (tertiary/aromatic N) is 5. The minimum atomic E-state index is 0.0814. The molecule has 1 aliphatic heterocycles. The van der Waals surface area contributed by atoms with Gasteiger partial charge in [0.1, 0.15) is 29.7 Å². The van der Waals surface area contributed by atoms with E-state index in [0.717, 1.165) is 48.8 Å². The fourth-order valence-corrected chi connectivity index (χ4v) is 3.90. The summed E-state index contributed by atoms with van der Waals surface area (Å²) in [5.41, 5.74) is 0.938. The molecule has 1 fully saturated rings. The third-order valence-corrected chi connectivity index (χ3v) is 5.34. The molecular weight excluding hydrogens is 366 g/mol. The van der Waals surface area contributed by atoms with Crippen molar-refractivity contribution < 1.29 is 9.47 Å². The van der Waals surface area contributed by atoms with Crippen LogP contribution < -0.4 is 14.4 Å². The molecule has 4 rings (SSSR count). The molecule has 1 aromatic carbocycles. The Morgan fingerprint density at radius 3 is 2.66 bits per heavy atom. The molecule has 1 aliphatic rings. The van der Waals surface area contributed by atoms with Gasteiger partial charge in [0.25, 0.3) is 0 Å². The van der Waals surface area contributed by atoms with Crippen molar-refractivity contribution in [3.05, 3.63) is 54.7 Å². The van der Waals surface area contributed by atoms with Crippen molar-refractivity contribution in [2.45, 2.75) is 45.3 Å². The summed E-state index contributed by atoms with van der Waals surface area (Å²) in [4.78, 5) is 15.9. The van der Waals surface area contributed by atoms with Crippen LogP contribution in [0.1, 0.15) is 31.9 Å². The van der Waals surface area contributed by atoms with E-state index in [1.807, 2.05) is 42.0 Å². The first-order valence-electron chi connectivity index (χ1n) is 10.1. The van der Waals surface area contributed by atoms with Crippen LogP contribution in [0.2, 0.25) is 0 Å².